The molecule has 0 aromatic carbocycles. The standard InChI is InChI=1S/C5H6O3.C4H4O3/c1-3-2-4(6)8-5(3)7;5-3-1-2-4(6)7-3/h3H,2H2,1H3;1-2H2. The minimum Gasteiger partial charge on any atom is -0.393 e. The van der Waals surface area contributed by atoms with Gasteiger partial charge in [-0.3, -0.25) is 19.2 Å². The van der Waals surface area contributed by atoms with Crippen LogP contribution in [-0.2, 0) is 28.7 Å². The van der Waals surface area contributed by atoms with Crippen LogP contribution in [0.15, 0.2) is 0 Å². The van der Waals surface area contributed by atoms with Gasteiger partial charge in [-0.1, -0.05) is 6.92 Å². The van der Waals surface area contributed by atoms with Crippen LogP contribution in [0, 0.1) is 5.92 Å². The quantitative estimate of drug-likeness (QED) is 0.415. The van der Waals surface area contributed by atoms with Crippen molar-refractivity contribution in [1.29, 1.82) is 0 Å². The maximum absolute atomic E-state index is 10.3. The van der Waals surface area contributed by atoms with Gasteiger partial charge in [0.2, 0.25) is 0 Å². The number of hydrogen-bond acceptors (Lipinski definition) is 6. The molecular weight excluding hydrogens is 204 g/mol. The number of carbonyl (C=O) groups is 4. The fraction of sp³-hybridized carbons (Fsp3) is 0.556. The van der Waals surface area contributed by atoms with Crippen LogP contribution in [-0.4, -0.2) is 23.9 Å². The number of carbonyl (C=O) groups excluding carboxylic acids is 4. The summed E-state index contributed by atoms with van der Waals surface area (Å²) in [5.41, 5.74) is 0. The highest BCUT2D eigenvalue weighted by atomic mass is 16.6. The van der Waals surface area contributed by atoms with E-state index in [1.54, 1.807) is 6.92 Å². The van der Waals surface area contributed by atoms with Gasteiger partial charge >= 0.3 is 23.9 Å². The molecule has 0 N–H and O–H groups in total. The second-order valence-corrected chi connectivity index (χ2v) is 3.24. The van der Waals surface area contributed by atoms with Crippen molar-refractivity contribution in [3.63, 3.8) is 0 Å². The third-order valence-electron chi connectivity index (χ3n) is 1.85. The second kappa shape index (κ2) is 4.68. The Labute approximate surface area is 85.5 Å². The van der Waals surface area contributed by atoms with Gasteiger partial charge < -0.3 is 9.47 Å². The van der Waals surface area contributed by atoms with Gasteiger partial charge in [0.1, 0.15) is 0 Å². The van der Waals surface area contributed by atoms with Crippen LogP contribution < -0.4 is 0 Å². The zero-order valence-corrected chi connectivity index (χ0v) is 8.15. The predicted octanol–water partition coefficient (Wildman–Crippen LogP) is -0.0540. The van der Waals surface area contributed by atoms with E-state index in [0.717, 1.165) is 0 Å². The first-order valence-corrected chi connectivity index (χ1v) is 4.47. The molecule has 0 radical (unpaired) electrons. The molecule has 2 saturated heterocycles. The van der Waals surface area contributed by atoms with Crippen LogP contribution in [0.25, 0.3) is 0 Å². The Kier molecular flexibility index (Phi) is 3.54. The summed E-state index contributed by atoms with van der Waals surface area (Å²) in [6.07, 6.45) is 0.774. The molecule has 2 aliphatic heterocycles. The molecule has 0 spiro atoms. The van der Waals surface area contributed by atoms with Crippen molar-refractivity contribution >= 4 is 23.9 Å². The number of cyclic esters (lactones) is 4. The molecule has 6 heteroatoms. The van der Waals surface area contributed by atoms with Crippen LogP contribution in [0.1, 0.15) is 26.2 Å². The summed E-state index contributed by atoms with van der Waals surface area (Å²) in [6.45, 7) is 1.67. The van der Waals surface area contributed by atoms with E-state index in [4.69, 9.17) is 0 Å². The summed E-state index contributed by atoms with van der Waals surface area (Å²) in [5.74, 6) is -1.81. The highest BCUT2D eigenvalue weighted by Gasteiger charge is 2.28. The number of rotatable bonds is 0. The Morgan fingerprint density at radius 1 is 0.933 bits per heavy atom. The molecule has 1 unspecified atom stereocenters. The minimum atomic E-state index is -0.400. The zero-order chi connectivity index (χ0) is 11.4. The molecule has 6 nitrogen and oxygen atoms in total. The Hall–Kier alpha value is -1.72. The zero-order valence-electron chi connectivity index (χ0n) is 8.15. The van der Waals surface area contributed by atoms with Crippen molar-refractivity contribution in [3.8, 4) is 0 Å². The lowest BCUT2D eigenvalue weighted by Crippen LogP contribution is -2.01. The van der Waals surface area contributed by atoms with E-state index >= 15 is 0 Å². The molecule has 0 saturated carbocycles. The van der Waals surface area contributed by atoms with Crippen LogP contribution in [0.5, 0.6) is 0 Å². The van der Waals surface area contributed by atoms with E-state index in [9.17, 15) is 19.2 Å². The Balaban J connectivity index is 0.000000151. The van der Waals surface area contributed by atoms with Crippen molar-refractivity contribution in [2.24, 2.45) is 5.92 Å². The van der Waals surface area contributed by atoms with E-state index in [0.29, 0.717) is 0 Å². The number of hydrogen-bond donors (Lipinski definition) is 0. The van der Waals surface area contributed by atoms with Crippen molar-refractivity contribution in [2.45, 2.75) is 26.2 Å². The van der Waals surface area contributed by atoms with Crippen LogP contribution in [0.2, 0.25) is 0 Å². The highest BCUT2D eigenvalue weighted by molar-refractivity contribution is 5.94. The molecule has 0 aromatic heterocycles. The first-order chi connectivity index (χ1) is 6.99. The maximum Gasteiger partial charge on any atom is 0.316 e. The van der Waals surface area contributed by atoms with Gasteiger partial charge in [0.15, 0.2) is 0 Å². The molecule has 2 aliphatic rings. The van der Waals surface area contributed by atoms with E-state index in [2.05, 4.69) is 9.47 Å². The number of esters is 4. The lowest BCUT2D eigenvalue weighted by Gasteiger charge is -1.86. The average Bonchev–Trinajstić information content (AvgIpc) is 2.61. The van der Waals surface area contributed by atoms with E-state index < -0.39 is 23.9 Å². The molecule has 2 rings (SSSR count). The monoisotopic (exact) mass is 214 g/mol. The summed E-state index contributed by atoms with van der Waals surface area (Å²) in [4.78, 5) is 40.6. The van der Waals surface area contributed by atoms with E-state index in [1.165, 1.54) is 0 Å². The Morgan fingerprint density at radius 3 is 1.60 bits per heavy atom. The summed E-state index contributed by atoms with van der Waals surface area (Å²) in [7, 11) is 0. The smallest absolute Gasteiger partial charge is 0.316 e. The van der Waals surface area contributed by atoms with Gasteiger partial charge in [0, 0.05) is 0 Å². The van der Waals surface area contributed by atoms with Gasteiger partial charge in [0.25, 0.3) is 0 Å². The lowest BCUT2D eigenvalue weighted by molar-refractivity contribution is -0.154. The van der Waals surface area contributed by atoms with Gasteiger partial charge in [-0.15, -0.1) is 0 Å². The molecule has 0 aromatic rings. The molecule has 0 bridgehead atoms. The third kappa shape index (κ3) is 3.49. The molecule has 82 valence electrons. The molecule has 0 aliphatic carbocycles. The first-order valence-electron chi connectivity index (χ1n) is 4.47. The summed E-state index contributed by atoms with van der Waals surface area (Å²) >= 11 is 0. The maximum atomic E-state index is 10.3. The van der Waals surface area contributed by atoms with Gasteiger partial charge in [-0.25, -0.2) is 0 Å². The fourth-order valence-corrected chi connectivity index (χ4v) is 1.02. The average molecular weight is 214 g/mol. The molecule has 2 fully saturated rings. The topological polar surface area (TPSA) is 86.7 Å². The van der Waals surface area contributed by atoms with Crippen molar-refractivity contribution in [1.82, 2.24) is 0 Å². The van der Waals surface area contributed by atoms with Crippen LogP contribution >= 0.6 is 0 Å². The normalized spacial score (nSPS) is 24.5. The second-order valence-electron chi connectivity index (χ2n) is 3.24. The van der Waals surface area contributed by atoms with E-state index in [1.807, 2.05) is 0 Å². The first kappa shape index (κ1) is 11.4. The van der Waals surface area contributed by atoms with Gasteiger partial charge in [0.05, 0.1) is 25.2 Å². The third-order valence-corrected chi connectivity index (χ3v) is 1.85. The summed E-state index contributed by atoms with van der Waals surface area (Å²) in [6, 6.07) is 0. The summed E-state index contributed by atoms with van der Waals surface area (Å²) < 4.78 is 8.28. The largest absolute Gasteiger partial charge is 0.393 e. The van der Waals surface area contributed by atoms with Crippen LogP contribution in [0.4, 0.5) is 0 Å². The lowest BCUT2D eigenvalue weighted by atomic mass is 10.1. The predicted molar refractivity (Wildman–Crippen MR) is 45.2 cm³/mol. The Morgan fingerprint density at radius 2 is 1.47 bits per heavy atom. The van der Waals surface area contributed by atoms with Gasteiger partial charge in [-0.05, 0) is 0 Å². The molecular formula is C9H10O6. The molecule has 1 atom stereocenters. The Bertz CT molecular complexity index is 305. The van der Waals surface area contributed by atoms with Crippen molar-refractivity contribution in [2.75, 3.05) is 0 Å². The van der Waals surface area contributed by atoms with E-state index in [-0.39, 0.29) is 25.2 Å². The van der Waals surface area contributed by atoms with Crippen LogP contribution in [0.3, 0.4) is 0 Å². The van der Waals surface area contributed by atoms with Gasteiger partial charge in [-0.2, -0.15) is 0 Å². The minimum absolute atomic E-state index is 0.220. The fourth-order valence-electron chi connectivity index (χ4n) is 1.02. The van der Waals surface area contributed by atoms with Crippen molar-refractivity contribution < 1.29 is 28.7 Å². The van der Waals surface area contributed by atoms with Crippen molar-refractivity contribution in [3.05, 3.63) is 0 Å². The highest BCUT2D eigenvalue weighted by Crippen LogP contribution is 2.13. The summed E-state index contributed by atoms with van der Waals surface area (Å²) in [5, 5.41) is 0. The molecule has 15 heavy (non-hydrogen) atoms. The molecule has 0 amide bonds. The number of ether oxygens (including phenoxy) is 2. The molecule has 2 heterocycles. The SMILES string of the molecule is CC1CC(=O)OC1=O.O=C1CCC(=O)O1.